The normalized spacial score (nSPS) is 27.7. The molecule has 12 heteroatoms. The summed E-state index contributed by atoms with van der Waals surface area (Å²) in [5.74, 6) is -1.28. The van der Waals surface area contributed by atoms with Gasteiger partial charge in [0.1, 0.15) is 29.2 Å². The van der Waals surface area contributed by atoms with Gasteiger partial charge in [0.25, 0.3) is 0 Å². The third-order valence-corrected chi connectivity index (χ3v) is 8.50. The van der Waals surface area contributed by atoms with Crippen molar-refractivity contribution in [2.24, 2.45) is 11.7 Å². The SMILES string of the molecule is COC(=O)c1cc(O[C@@H]2C[C@H]3C(=O)N[C@]4(C(=O)OC)C[C@H]4C=CCCCCC[C@H](N)C(=O)N3C2)c2ccc(OC)cc2n1. The molecule has 2 aromatic rings. The lowest BCUT2D eigenvalue weighted by molar-refractivity contribution is -0.148. The minimum absolute atomic E-state index is 0.0368. The first-order valence-electron chi connectivity index (χ1n) is 14.6. The monoisotopic (exact) mass is 594 g/mol. The standard InChI is InChI=1S/C31H38N4O8/c1-40-19-11-12-21-23(13-19)33-24(29(38)41-2)15-26(21)43-20-14-25-27(36)34-31(30(39)42-3)16-18(31)9-7-5-4-6-8-10-22(32)28(37)35(25)17-20/h7,9,11-13,15,18,20,22,25H,4-6,8,10,14,16-17,32H2,1-3H3,(H,34,36)/t18-,20-,22+,25+,31-/m1/s1. The summed E-state index contributed by atoms with van der Waals surface area (Å²) in [6.45, 7) is 0.0900. The van der Waals surface area contributed by atoms with E-state index in [2.05, 4.69) is 10.3 Å². The van der Waals surface area contributed by atoms with Gasteiger partial charge in [-0.25, -0.2) is 14.6 Å². The molecule has 0 bridgehead atoms. The Morgan fingerprint density at radius 3 is 2.65 bits per heavy atom. The van der Waals surface area contributed by atoms with Crippen LogP contribution in [-0.4, -0.2) is 85.2 Å². The lowest BCUT2D eigenvalue weighted by atomic mass is 10.1. The highest BCUT2D eigenvalue weighted by atomic mass is 16.5. The Morgan fingerprint density at radius 2 is 1.91 bits per heavy atom. The zero-order valence-electron chi connectivity index (χ0n) is 24.7. The van der Waals surface area contributed by atoms with E-state index in [4.69, 9.17) is 24.7 Å². The van der Waals surface area contributed by atoms with Crippen LogP contribution < -0.4 is 20.5 Å². The molecule has 1 saturated carbocycles. The summed E-state index contributed by atoms with van der Waals surface area (Å²) in [4.78, 5) is 58.5. The number of hydrogen-bond acceptors (Lipinski definition) is 10. The second kappa shape index (κ2) is 12.6. The van der Waals surface area contributed by atoms with Crippen molar-refractivity contribution in [3.05, 3.63) is 42.1 Å². The van der Waals surface area contributed by atoms with Crippen molar-refractivity contribution in [2.75, 3.05) is 27.9 Å². The van der Waals surface area contributed by atoms with Gasteiger partial charge in [0.05, 0.1) is 39.4 Å². The molecule has 3 aliphatic rings. The molecule has 2 aliphatic heterocycles. The van der Waals surface area contributed by atoms with Gasteiger partial charge < -0.3 is 34.9 Å². The van der Waals surface area contributed by atoms with Crippen LogP contribution in [-0.2, 0) is 23.9 Å². The lowest BCUT2D eigenvalue weighted by Crippen LogP contribution is -2.55. The lowest BCUT2D eigenvalue weighted by Gasteiger charge is -2.28. The van der Waals surface area contributed by atoms with Gasteiger partial charge in [-0.15, -0.1) is 0 Å². The molecule has 1 saturated heterocycles. The summed E-state index contributed by atoms with van der Waals surface area (Å²) >= 11 is 0. The Balaban J connectivity index is 1.46. The number of nitrogens with zero attached hydrogens (tertiary/aromatic N) is 2. The molecular formula is C31H38N4O8. The summed E-state index contributed by atoms with van der Waals surface area (Å²) in [6, 6.07) is 4.97. The highest BCUT2D eigenvalue weighted by Gasteiger charge is 2.62. The predicted molar refractivity (Wildman–Crippen MR) is 155 cm³/mol. The number of amides is 2. The summed E-state index contributed by atoms with van der Waals surface area (Å²) in [7, 11) is 4.08. The number of rotatable bonds is 5. The Kier molecular flexibility index (Phi) is 8.86. The van der Waals surface area contributed by atoms with Gasteiger partial charge in [-0.1, -0.05) is 25.0 Å². The number of ether oxygens (including phenoxy) is 4. The first kappa shape index (κ1) is 30.3. The second-order valence-electron chi connectivity index (χ2n) is 11.3. The molecule has 1 aromatic heterocycles. The summed E-state index contributed by atoms with van der Waals surface area (Å²) < 4.78 is 21.6. The van der Waals surface area contributed by atoms with Gasteiger partial charge in [-0.2, -0.15) is 0 Å². The van der Waals surface area contributed by atoms with E-state index >= 15 is 0 Å². The summed E-state index contributed by atoms with van der Waals surface area (Å²) in [5.41, 5.74) is 5.65. The van der Waals surface area contributed by atoms with Crippen LogP contribution >= 0.6 is 0 Å². The molecule has 0 spiro atoms. The topological polar surface area (TPSA) is 159 Å². The van der Waals surface area contributed by atoms with E-state index in [1.807, 2.05) is 12.2 Å². The molecule has 0 radical (unpaired) electrons. The average Bonchev–Trinajstić information content (AvgIpc) is 3.54. The van der Waals surface area contributed by atoms with E-state index < -0.39 is 41.6 Å². The van der Waals surface area contributed by atoms with Gasteiger partial charge in [0.15, 0.2) is 5.69 Å². The van der Waals surface area contributed by atoms with Gasteiger partial charge >= 0.3 is 11.9 Å². The molecular weight excluding hydrogens is 556 g/mol. The van der Waals surface area contributed by atoms with Crippen molar-refractivity contribution in [3.8, 4) is 11.5 Å². The quantitative estimate of drug-likeness (QED) is 0.388. The highest BCUT2D eigenvalue weighted by molar-refractivity contribution is 5.96. The van der Waals surface area contributed by atoms with Gasteiger partial charge in [-0.3, -0.25) is 9.59 Å². The molecule has 3 heterocycles. The Bertz CT molecular complexity index is 1440. The smallest absolute Gasteiger partial charge is 0.356 e. The number of aromatic nitrogens is 1. The molecule has 230 valence electrons. The fraction of sp³-hybridized carbons (Fsp3) is 0.516. The molecule has 3 N–H and O–H groups in total. The van der Waals surface area contributed by atoms with Crippen LogP contribution in [0.3, 0.4) is 0 Å². The molecule has 1 aromatic carbocycles. The molecule has 43 heavy (non-hydrogen) atoms. The predicted octanol–water partition coefficient (Wildman–Crippen LogP) is 2.27. The fourth-order valence-electron chi connectivity index (χ4n) is 6.00. The van der Waals surface area contributed by atoms with E-state index in [0.29, 0.717) is 35.2 Å². The maximum Gasteiger partial charge on any atom is 0.356 e. The second-order valence-corrected chi connectivity index (χ2v) is 11.3. The number of pyridine rings is 1. The minimum Gasteiger partial charge on any atom is -0.497 e. The molecule has 2 amide bonds. The number of carbonyl (C=O) groups is 4. The van der Waals surface area contributed by atoms with E-state index in [1.54, 1.807) is 18.2 Å². The number of nitrogens with two attached hydrogens (primary N) is 1. The average molecular weight is 595 g/mol. The van der Waals surface area contributed by atoms with Crippen LogP contribution in [0.4, 0.5) is 0 Å². The van der Waals surface area contributed by atoms with Crippen LogP contribution in [0.15, 0.2) is 36.4 Å². The number of hydrogen-bond donors (Lipinski definition) is 2. The van der Waals surface area contributed by atoms with E-state index in [-0.39, 0.29) is 30.5 Å². The molecule has 2 fully saturated rings. The van der Waals surface area contributed by atoms with E-state index in [0.717, 1.165) is 25.7 Å². The Hall–Kier alpha value is -4.19. The molecule has 1 aliphatic carbocycles. The first-order chi connectivity index (χ1) is 20.7. The van der Waals surface area contributed by atoms with Gasteiger partial charge in [0.2, 0.25) is 11.8 Å². The summed E-state index contributed by atoms with van der Waals surface area (Å²) in [6.07, 6.45) is 7.91. The van der Waals surface area contributed by atoms with Crippen molar-refractivity contribution in [1.29, 1.82) is 0 Å². The third kappa shape index (κ3) is 6.15. The van der Waals surface area contributed by atoms with E-state index in [9.17, 15) is 19.2 Å². The Labute approximate surface area is 249 Å². The largest absolute Gasteiger partial charge is 0.497 e. The van der Waals surface area contributed by atoms with Gasteiger partial charge in [-0.05, 0) is 37.8 Å². The van der Waals surface area contributed by atoms with Crippen LogP contribution in [0.2, 0.25) is 0 Å². The number of nitrogens with one attached hydrogen (secondary N) is 1. The molecule has 0 unspecified atom stereocenters. The van der Waals surface area contributed by atoms with Crippen LogP contribution in [0, 0.1) is 5.92 Å². The number of allylic oxidation sites excluding steroid dienone is 1. The molecule has 5 rings (SSSR count). The number of benzene rings is 1. The van der Waals surface area contributed by atoms with Crippen molar-refractivity contribution >= 4 is 34.7 Å². The number of carbonyl (C=O) groups excluding carboxylic acids is 4. The summed E-state index contributed by atoms with van der Waals surface area (Å²) in [5, 5.41) is 3.53. The van der Waals surface area contributed by atoms with Crippen molar-refractivity contribution < 1.29 is 38.1 Å². The fourth-order valence-corrected chi connectivity index (χ4v) is 6.00. The zero-order valence-corrected chi connectivity index (χ0v) is 24.7. The van der Waals surface area contributed by atoms with Crippen molar-refractivity contribution in [2.45, 2.75) is 68.7 Å². The number of methoxy groups -OCH3 is 3. The minimum atomic E-state index is -1.17. The zero-order chi connectivity index (χ0) is 30.7. The maximum absolute atomic E-state index is 13.8. The van der Waals surface area contributed by atoms with Crippen LogP contribution in [0.1, 0.15) is 55.4 Å². The highest BCUT2D eigenvalue weighted by Crippen LogP contribution is 2.46. The van der Waals surface area contributed by atoms with Gasteiger partial charge in [0, 0.05) is 29.9 Å². The number of fused-ring (bicyclic) bond motifs is 3. The van der Waals surface area contributed by atoms with Crippen LogP contribution in [0.5, 0.6) is 11.5 Å². The van der Waals surface area contributed by atoms with Crippen molar-refractivity contribution in [1.82, 2.24) is 15.2 Å². The Morgan fingerprint density at radius 1 is 1.09 bits per heavy atom. The third-order valence-electron chi connectivity index (χ3n) is 8.50. The van der Waals surface area contributed by atoms with Crippen molar-refractivity contribution in [3.63, 3.8) is 0 Å². The maximum atomic E-state index is 13.8. The molecule has 5 atom stereocenters. The van der Waals surface area contributed by atoms with Crippen LogP contribution in [0.25, 0.3) is 10.9 Å². The van der Waals surface area contributed by atoms with E-state index in [1.165, 1.54) is 32.3 Å². The molecule has 12 nitrogen and oxygen atoms in total. The first-order valence-corrected chi connectivity index (χ1v) is 14.6. The number of esters is 2.